The first-order valence-electron chi connectivity index (χ1n) is 5.91. The van der Waals surface area contributed by atoms with Gasteiger partial charge in [0, 0.05) is 0 Å². The van der Waals surface area contributed by atoms with Gasteiger partial charge in [0.25, 0.3) is 0 Å². The summed E-state index contributed by atoms with van der Waals surface area (Å²) < 4.78 is 51.6. The summed E-state index contributed by atoms with van der Waals surface area (Å²) in [4.78, 5) is 0. The van der Waals surface area contributed by atoms with Crippen molar-refractivity contribution in [2.24, 2.45) is 0 Å². The van der Waals surface area contributed by atoms with Crippen molar-refractivity contribution in [1.82, 2.24) is 5.32 Å². The zero-order valence-electron chi connectivity index (χ0n) is 10.9. The second-order valence-corrected chi connectivity index (χ2v) is 5.21. The van der Waals surface area contributed by atoms with Gasteiger partial charge in [0.2, 0.25) is 0 Å². The average molecular weight is 303 g/mol. The number of nitrogens with one attached hydrogen (secondary N) is 1. The molecule has 1 unspecified atom stereocenters. The van der Waals surface area contributed by atoms with Gasteiger partial charge in [0.05, 0.1) is 11.6 Å². The highest BCUT2D eigenvalue weighted by atomic mass is 32.1. The van der Waals surface area contributed by atoms with Gasteiger partial charge in [-0.1, -0.05) is 6.07 Å². The molecule has 1 heterocycles. The third-order valence-corrected chi connectivity index (χ3v) is 4.00. The average Bonchev–Trinajstić information content (AvgIpc) is 2.77. The monoisotopic (exact) mass is 303 g/mol. The fourth-order valence-electron chi connectivity index (χ4n) is 2.11. The lowest BCUT2D eigenvalue weighted by molar-refractivity contribution is -0.140. The Balaban J connectivity index is 2.49. The minimum absolute atomic E-state index is 0.386. The third kappa shape index (κ3) is 2.86. The zero-order chi connectivity index (χ0) is 14.9. The predicted molar refractivity (Wildman–Crippen MR) is 71.4 cm³/mol. The normalized spacial score (nSPS) is 13.5. The summed E-state index contributed by atoms with van der Waals surface area (Å²) in [5, 5.41) is 6.78. The molecule has 0 bridgehead atoms. The zero-order valence-corrected chi connectivity index (χ0v) is 11.7. The van der Waals surface area contributed by atoms with Gasteiger partial charge in [0.1, 0.15) is 5.82 Å². The molecule has 1 aromatic carbocycles. The van der Waals surface area contributed by atoms with Gasteiger partial charge in [0.15, 0.2) is 0 Å². The second kappa shape index (κ2) is 5.54. The van der Waals surface area contributed by atoms with Gasteiger partial charge < -0.3 is 5.32 Å². The van der Waals surface area contributed by atoms with Gasteiger partial charge in [-0.25, -0.2) is 4.39 Å². The molecule has 6 heteroatoms. The molecule has 1 nitrogen and oxygen atoms in total. The van der Waals surface area contributed by atoms with Crippen LogP contribution in [0.2, 0.25) is 0 Å². The van der Waals surface area contributed by atoms with Crippen LogP contribution in [-0.4, -0.2) is 7.05 Å². The van der Waals surface area contributed by atoms with Crippen LogP contribution in [0.4, 0.5) is 17.6 Å². The molecule has 0 amide bonds. The molecule has 2 rings (SSSR count). The number of halogens is 4. The Morgan fingerprint density at radius 3 is 2.40 bits per heavy atom. The molecule has 0 aliphatic rings. The Kier molecular flexibility index (Phi) is 4.15. The summed E-state index contributed by atoms with van der Waals surface area (Å²) in [5.74, 6) is -1.25. The standard InChI is InChI=1S/C14H13F4NS/c1-8-6-20-7-10(8)13(19-2)9-3-4-12(15)11(5-9)14(16,17)18/h3-7,13,19H,1-2H3. The van der Waals surface area contributed by atoms with E-state index in [1.165, 1.54) is 17.4 Å². The van der Waals surface area contributed by atoms with Crippen LogP contribution >= 0.6 is 11.3 Å². The van der Waals surface area contributed by atoms with Crippen molar-refractivity contribution in [3.63, 3.8) is 0 Å². The predicted octanol–water partition coefficient (Wildman–Crippen LogP) is 4.52. The van der Waals surface area contributed by atoms with Gasteiger partial charge in [-0.2, -0.15) is 24.5 Å². The van der Waals surface area contributed by atoms with Gasteiger partial charge in [-0.05, 0) is 53.6 Å². The molecule has 1 aromatic heterocycles. The Labute approximate surface area is 118 Å². The van der Waals surface area contributed by atoms with E-state index in [1.807, 2.05) is 17.7 Å². The Morgan fingerprint density at radius 2 is 1.90 bits per heavy atom. The minimum Gasteiger partial charge on any atom is -0.309 e. The molecule has 0 aliphatic carbocycles. The maximum absolute atomic E-state index is 13.3. The van der Waals surface area contributed by atoms with E-state index in [2.05, 4.69) is 5.32 Å². The van der Waals surface area contributed by atoms with E-state index in [-0.39, 0.29) is 6.04 Å². The van der Waals surface area contributed by atoms with Crippen molar-refractivity contribution in [1.29, 1.82) is 0 Å². The van der Waals surface area contributed by atoms with Gasteiger partial charge in [-0.15, -0.1) is 0 Å². The van der Waals surface area contributed by atoms with Crippen LogP contribution in [0.5, 0.6) is 0 Å². The molecular weight excluding hydrogens is 290 g/mol. The van der Waals surface area contributed by atoms with Crippen molar-refractivity contribution in [2.45, 2.75) is 19.1 Å². The molecule has 0 fully saturated rings. The van der Waals surface area contributed by atoms with E-state index >= 15 is 0 Å². The van der Waals surface area contributed by atoms with Crippen LogP contribution in [0, 0.1) is 12.7 Å². The fraction of sp³-hybridized carbons (Fsp3) is 0.286. The second-order valence-electron chi connectivity index (χ2n) is 4.47. The Hall–Kier alpha value is -1.40. The lowest BCUT2D eigenvalue weighted by atomic mass is 9.96. The Morgan fingerprint density at radius 1 is 1.20 bits per heavy atom. The number of hydrogen-bond donors (Lipinski definition) is 1. The number of alkyl halides is 3. The molecule has 0 spiro atoms. The maximum atomic E-state index is 13.3. The lowest BCUT2D eigenvalue weighted by Crippen LogP contribution is -2.19. The summed E-state index contributed by atoms with van der Waals surface area (Å²) in [6.07, 6.45) is -4.69. The molecule has 0 saturated carbocycles. The molecule has 0 aliphatic heterocycles. The summed E-state index contributed by atoms with van der Waals surface area (Å²) in [6, 6.07) is 2.73. The highest BCUT2D eigenvalue weighted by Gasteiger charge is 2.34. The van der Waals surface area contributed by atoms with E-state index in [0.717, 1.165) is 23.3 Å². The number of thiophene rings is 1. The van der Waals surface area contributed by atoms with Crippen molar-refractivity contribution in [3.8, 4) is 0 Å². The highest BCUT2D eigenvalue weighted by Crippen LogP contribution is 2.35. The third-order valence-electron chi connectivity index (χ3n) is 3.12. The van der Waals surface area contributed by atoms with Crippen molar-refractivity contribution >= 4 is 11.3 Å². The first kappa shape index (κ1) is 15.0. The molecule has 0 saturated heterocycles. The fourth-order valence-corrected chi connectivity index (χ4v) is 2.98. The van der Waals surface area contributed by atoms with Crippen LogP contribution in [0.15, 0.2) is 29.0 Å². The van der Waals surface area contributed by atoms with Gasteiger partial charge >= 0.3 is 6.18 Å². The first-order valence-corrected chi connectivity index (χ1v) is 6.85. The van der Waals surface area contributed by atoms with Crippen molar-refractivity contribution in [2.75, 3.05) is 7.05 Å². The van der Waals surface area contributed by atoms with Crippen LogP contribution in [0.1, 0.15) is 28.3 Å². The van der Waals surface area contributed by atoms with E-state index < -0.39 is 17.6 Å². The van der Waals surface area contributed by atoms with Crippen LogP contribution in [0.25, 0.3) is 0 Å². The summed E-state index contributed by atoms with van der Waals surface area (Å²) in [6.45, 7) is 1.89. The maximum Gasteiger partial charge on any atom is 0.419 e. The smallest absolute Gasteiger partial charge is 0.309 e. The van der Waals surface area contributed by atoms with E-state index in [9.17, 15) is 17.6 Å². The molecule has 0 radical (unpaired) electrons. The summed E-state index contributed by atoms with van der Waals surface area (Å²) in [5.41, 5.74) is 1.05. The number of rotatable bonds is 3. The van der Waals surface area contributed by atoms with Crippen LogP contribution in [0.3, 0.4) is 0 Å². The molecule has 1 atom stereocenters. The number of aryl methyl sites for hydroxylation is 1. The summed E-state index contributed by atoms with van der Waals surface area (Å²) in [7, 11) is 1.67. The first-order chi connectivity index (χ1) is 9.34. The van der Waals surface area contributed by atoms with Crippen molar-refractivity contribution < 1.29 is 17.6 Å². The minimum atomic E-state index is -4.69. The van der Waals surface area contributed by atoms with E-state index in [1.54, 1.807) is 7.05 Å². The van der Waals surface area contributed by atoms with Gasteiger partial charge in [-0.3, -0.25) is 0 Å². The molecule has 108 valence electrons. The lowest BCUT2D eigenvalue weighted by Gasteiger charge is -2.19. The van der Waals surface area contributed by atoms with E-state index in [4.69, 9.17) is 0 Å². The molecule has 20 heavy (non-hydrogen) atoms. The molecule has 1 N–H and O–H groups in total. The number of benzene rings is 1. The number of hydrogen-bond acceptors (Lipinski definition) is 2. The summed E-state index contributed by atoms with van der Waals surface area (Å²) >= 11 is 1.48. The largest absolute Gasteiger partial charge is 0.419 e. The highest BCUT2D eigenvalue weighted by molar-refractivity contribution is 7.08. The SMILES string of the molecule is CNC(c1ccc(F)c(C(F)(F)F)c1)c1cscc1C. The van der Waals surface area contributed by atoms with Crippen LogP contribution < -0.4 is 5.32 Å². The molecular formula is C14H13F4NS. The van der Waals surface area contributed by atoms with Crippen LogP contribution in [-0.2, 0) is 6.18 Å². The molecule has 2 aromatic rings. The Bertz CT molecular complexity index is 603. The van der Waals surface area contributed by atoms with Crippen molar-refractivity contribution in [3.05, 3.63) is 57.0 Å². The quantitative estimate of drug-likeness (QED) is 0.822. The van der Waals surface area contributed by atoms with E-state index in [0.29, 0.717) is 5.56 Å². The topological polar surface area (TPSA) is 12.0 Å².